The molecule has 6 heteroatoms. The maximum absolute atomic E-state index is 12.8. The summed E-state index contributed by atoms with van der Waals surface area (Å²) in [4.78, 5) is 14.9. The molecule has 0 N–H and O–H groups in total. The second-order valence-corrected chi connectivity index (χ2v) is 6.45. The number of Topliss-reactive ketones (excluding diaryl/α,β-unsaturated/α-hetero) is 1. The number of nitrogens with zero attached hydrogens (tertiary/aromatic N) is 1. The molecule has 2 aliphatic rings. The van der Waals surface area contributed by atoms with Crippen molar-refractivity contribution in [1.29, 1.82) is 0 Å². The lowest BCUT2D eigenvalue weighted by atomic mass is 10.0. The minimum absolute atomic E-state index is 0.121. The topological polar surface area (TPSA) is 57.2 Å². The fourth-order valence-corrected chi connectivity index (χ4v) is 3.25. The molecule has 0 fully saturated rings. The Bertz CT molecular complexity index is 905. The van der Waals surface area contributed by atoms with Gasteiger partial charge in [-0.3, -0.25) is 9.69 Å². The number of fused-ring (bicyclic) bond motifs is 3. The number of ether oxygens (including phenoxy) is 4. The molecule has 0 aliphatic carbocycles. The molecular formula is C21H21NO5. The SMILES string of the molecule is COCCN1COc2ccc3c(c2C1)O/C(=C\c1cccc(OC)c1)C3=O. The molecule has 0 radical (unpaired) electrons. The molecular weight excluding hydrogens is 346 g/mol. The van der Waals surface area contributed by atoms with E-state index in [1.165, 1.54) is 0 Å². The van der Waals surface area contributed by atoms with Gasteiger partial charge in [0.1, 0.15) is 24.0 Å². The summed E-state index contributed by atoms with van der Waals surface area (Å²) in [6.45, 7) is 2.52. The van der Waals surface area contributed by atoms with Crippen molar-refractivity contribution in [2.24, 2.45) is 0 Å². The van der Waals surface area contributed by atoms with Crippen molar-refractivity contribution in [2.75, 3.05) is 34.1 Å². The zero-order valence-corrected chi connectivity index (χ0v) is 15.4. The summed E-state index contributed by atoms with van der Waals surface area (Å²) in [5.41, 5.74) is 2.31. The lowest BCUT2D eigenvalue weighted by Gasteiger charge is -2.29. The number of carbonyl (C=O) groups excluding carboxylic acids is 1. The smallest absolute Gasteiger partial charge is 0.231 e. The summed E-state index contributed by atoms with van der Waals surface area (Å²) < 4.78 is 22.2. The largest absolute Gasteiger partial charge is 0.497 e. The molecule has 140 valence electrons. The third-order valence-electron chi connectivity index (χ3n) is 4.69. The zero-order valence-electron chi connectivity index (χ0n) is 15.4. The lowest BCUT2D eigenvalue weighted by Crippen LogP contribution is -2.34. The van der Waals surface area contributed by atoms with E-state index in [-0.39, 0.29) is 5.78 Å². The fourth-order valence-electron chi connectivity index (χ4n) is 3.25. The summed E-state index contributed by atoms with van der Waals surface area (Å²) >= 11 is 0. The zero-order chi connectivity index (χ0) is 18.8. The van der Waals surface area contributed by atoms with Gasteiger partial charge >= 0.3 is 0 Å². The van der Waals surface area contributed by atoms with Crippen LogP contribution in [0.2, 0.25) is 0 Å². The molecule has 4 rings (SSSR count). The monoisotopic (exact) mass is 367 g/mol. The maximum Gasteiger partial charge on any atom is 0.231 e. The first-order valence-electron chi connectivity index (χ1n) is 8.78. The molecule has 0 atom stereocenters. The number of ketones is 1. The van der Waals surface area contributed by atoms with Gasteiger partial charge in [-0.1, -0.05) is 12.1 Å². The number of allylic oxidation sites excluding steroid dienone is 1. The molecule has 2 heterocycles. The van der Waals surface area contributed by atoms with Crippen LogP contribution in [0, 0.1) is 0 Å². The van der Waals surface area contributed by atoms with Gasteiger partial charge in [-0.15, -0.1) is 0 Å². The number of hydrogen-bond donors (Lipinski definition) is 0. The van der Waals surface area contributed by atoms with Crippen LogP contribution in [0.4, 0.5) is 0 Å². The van der Waals surface area contributed by atoms with E-state index in [0.29, 0.717) is 37.0 Å². The third kappa shape index (κ3) is 3.41. The average Bonchev–Trinajstić information content (AvgIpc) is 3.02. The van der Waals surface area contributed by atoms with Crippen molar-refractivity contribution in [3.05, 3.63) is 58.8 Å². The van der Waals surface area contributed by atoms with E-state index >= 15 is 0 Å². The van der Waals surface area contributed by atoms with Crippen LogP contribution in [0.5, 0.6) is 17.2 Å². The minimum atomic E-state index is -0.121. The van der Waals surface area contributed by atoms with Crippen LogP contribution in [0.15, 0.2) is 42.2 Å². The van der Waals surface area contributed by atoms with Gasteiger partial charge in [0.25, 0.3) is 0 Å². The van der Waals surface area contributed by atoms with E-state index in [2.05, 4.69) is 4.90 Å². The van der Waals surface area contributed by atoms with E-state index in [4.69, 9.17) is 18.9 Å². The first-order chi connectivity index (χ1) is 13.2. The van der Waals surface area contributed by atoms with Gasteiger partial charge in [-0.25, -0.2) is 0 Å². The second kappa shape index (κ2) is 7.42. The molecule has 2 aromatic carbocycles. The minimum Gasteiger partial charge on any atom is -0.497 e. The Morgan fingerprint density at radius 3 is 2.93 bits per heavy atom. The van der Waals surface area contributed by atoms with E-state index in [9.17, 15) is 4.79 Å². The third-order valence-corrected chi connectivity index (χ3v) is 4.69. The highest BCUT2D eigenvalue weighted by molar-refractivity contribution is 6.15. The Labute approximate surface area is 157 Å². The first-order valence-corrected chi connectivity index (χ1v) is 8.78. The highest BCUT2D eigenvalue weighted by Gasteiger charge is 2.33. The Hall–Kier alpha value is -2.83. The summed E-state index contributed by atoms with van der Waals surface area (Å²) in [5.74, 6) is 2.27. The molecule has 0 saturated carbocycles. The molecule has 0 spiro atoms. The number of benzene rings is 2. The molecule has 2 aromatic rings. The molecule has 0 amide bonds. The van der Waals surface area contributed by atoms with Gasteiger partial charge in [-0.05, 0) is 35.9 Å². The number of carbonyl (C=O) groups is 1. The second-order valence-electron chi connectivity index (χ2n) is 6.45. The highest BCUT2D eigenvalue weighted by Crippen LogP contribution is 2.42. The molecule has 0 bridgehead atoms. The highest BCUT2D eigenvalue weighted by atomic mass is 16.5. The summed E-state index contributed by atoms with van der Waals surface area (Å²) in [6.07, 6.45) is 1.74. The first kappa shape index (κ1) is 17.6. The average molecular weight is 367 g/mol. The van der Waals surface area contributed by atoms with Crippen LogP contribution in [-0.4, -0.2) is 44.8 Å². The van der Waals surface area contributed by atoms with Gasteiger partial charge in [0, 0.05) is 20.2 Å². The van der Waals surface area contributed by atoms with Gasteiger partial charge in [0.15, 0.2) is 5.76 Å². The van der Waals surface area contributed by atoms with Crippen LogP contribution >= 0.6 is 0 Å². The molecule has 0 unspecified atom stereocenters. The summed E-state index contributed by atoms with van der Waals surface area (Å²) in [6, 6.07) is 11.1. The maximum atomic E-state index is 12.8. The van der Waals surface area contributed by atoms with Crippen LogP contribution in [0.3, 0.4) is 0 Å². The molecule has 6 nitrogen and oxygen atoms in total. The molecule has 0 aromatic heterocycles. The van der Waals surface area contributed by atoms with Crippen LogP contribution in [0.25, 0.3) is 6.08 Å². The van der Waals surface area contributed by atoms with E-state index < -0.39 is 0 Å². The lowest BCUT2D eigenvalue weighted by molar-refractivity contribution is 0.0646. The van der Waals surface area contributed by atoms with Crippen molar-refractivity contribution < 1.29 is 23.7 Å². The van der Waals surface area contributed by atoms with E-state index in [1.807, 2.05) is 30.3 Å². The van der Waals surface area contributed by atoms with Crippen molar-refractivity contribution in [2.45, 2.75) is 6.54 Å². The molecule has 2 aliphatic heterocycles. The van der Waals surface area contributed by atoms with Crippen molar-refractivity contribution in [3.63, 3.8) is 0 Å². The van der Waals surface area contributed by atoms with Crippen LogP contribution < -0.4 is 14.2 Å². The van der Waals surface area contributed by atoms with Gasteiger partial charge in [0.2, 0.25) is 5.78 Å². The number of hydrogen-bond acceptors (Lipinski definition) is 6. The predicted octanol–water partition coefficient (Wildman–Crippen LogP) is 3.11. The van der Waals surface area contributed by atoms with Crippen molar-refractivity contribution in [3.8, 4) is 17.2 Å². The van der Waals surface area contributed by atoms with E-state index in [1.54, 1.807) is 26.4 Å². The standard InChI is InChI=1S/C21H21NO5/c1-24-9-8-22-12-17-18(26-13-22)7-6-16-20(23)19(27-21(16)17)11-14-4-3-5-15(10-14)25-2/h3-7,10-11H,8-9,12-13H2,1-2H3/b19-11-. The van der Waals surface area contributed by atoms with Crippen molar-refractivity contribution in [1.82, 2.24) is 4.90 Å². The Morgan fingerprint density at radius 1 is 1.22 bits per heavy atom. The fraction of sp³-hybridized carbons (Fsp3) is 0.286. The predicted molar refractivity (Wildman–Crippen MR) is 100 cm³/mol. The van der Waals surface area contributed by atoms with E-state index in [0.717, 1.165) is 29.2 Å². The molecule has 0 saturated heterocycles. The quantitative estimate of drug-likeness (QED) is 0.757. The summed E-state index contributed by atoms with van der Waals surface area (Å²) in [7, 11) is 3.29. The number of methoxy groups -OCH3 is 2. The van der Waals surface area contributed by atoms with Gasteiger partial charge in [-0.2, -0.15) is 0 Å². The van der Waals surface area contributed by atoms with Gasteiger partial charge < -0.3 is 18.9 Å². The molecule has 27 heavy (non-hydrogen) atoms. The Balaban J connectivity index is 1.63. The van der Waals surface area contributed by atoms with Crippen molar-refractivity contribution >= 4 is 11.9 Å². The van der Waals surface area contributed by atoms with Crippen LogP contribution in [0.1, 0.15) is 21.5 Å². The summed E-state index contributed by atoms with van der Waals surface area (Å²) in [5, 5.41) is 0. The normalized spacial score (nSPS) is 17.3. The Morgan fingerprint density at radius 2 is 2.11 bits per heavy atom. The number of rotatable bonds is 5. The van der Waals surface area contributed by atoms with Gasteiger partial charge in [0.05, 0.1) is 24.8 Å². The van der Waals surface area contributed by atoms with Crippen LogP contribution in [-0.2, 0) is 11.3 Å². The Kier molecular flexibility index (Phi) is 4.83.